The molecule has 7 aromatic rings. The molecule has 0 aliphatic rings. The molecule has 0 spiro atoms. The Hall–Kier alpha value is -5.17. The van der Waals surface area contributed by atoms with Gasteiger partial charge in [0.25, 0.3) is 0 Å². The van der Waals surface area contributed by atoms with E-state index in [-0.39, 0.29) is 16.5 Å². The molecule has 7 rings (SSSR count). The number of benzene rings is 7. The summed E-state index contributed by atoms with van der Waals surface area (Å²) in [5, 5.41) is 4.00. The van der Waals surface area contributed by atoms with Crippen LogP contribution >= 0.6 is 15.9 Å². The Kier molecular flexibility index (Phi) is 18.7. The first-order chi connectivity index (χ1) is 31.6. The standard InChI is InChI=1S/C32H36.C12H9F3O6S2.C11H15Br/c1-23-17-24(2)20-27(19-23)9-5-11-29-13-7-16-32-30(14-8-15-31(29)32)12-6-10-28-21-25(3)18-26(4)22-28;1-22(16,17)20-10-6-2-5-9-8(10)4-3-7-11(9)21-23(18,19)12(13,14)15;1-9-6-10(2)8-11(7-9)4-3-5-12/h7-8,13-22H,5-6,9-12H2,1-4H3;2-7H,1H3;6-8H,3-5H2,1-2H3. The van der Waals surface area contributed by atoms with Crippen LogP contribution in [0.15, 0.2) is 127 Å². The summed E-state index contributed by atoms with van der Waals surface area (Å²) >= 11 is 3.44. The number of hydrogen-bond donors (Lipinski definition) is 0. The van der Waals surface area contributed by atoms with Crippen LogP contribution in [-0.2, 0) is 52.3 Å². The highest BCUT2D eigenvalue weighted by molar-refractivity contribution is 9.09. The lowest BCUT2D eigenvalue weighted by Gasteiger charge is -2.12. The summed E-state index contributed by atoms with van der Waals surface area (Å²) in [6.45, 7) is 13.1. The highest BCUT2D eigenvalue weighted by Gasteiger charge is 2.48. The first kappa shape index (κ1) is 52.8. The van der Waals surface area contributed by atoms with Gasteiger partial charge in [-0.25, -0.2) is 0 Å². The van der Waals surface area contributed by atoms with E-state index in [4.69, 9.17) is 4.18 Å². The summed E-state index contributed by atoms with van der Waals surface area (Å²) in [5.41, 5.74) is 10.0. The Balaban J connectivity index is 0.000000209. The van der Waals surface area contributed by atoms with Crippen molar-refractivity contribution in [2.24, 2.45) is 0 Å². The molecule has 0 aliphatic heterocycles. The molecule has 0 radical (unpaired) electrons. The molecule has 0 heterocycles. The van der Waals surface area contributed by atoms with Crippen LogP contribution in [0.25, 0.3) is 21.5 Å². The van der Waals surface area contributed by atoms with Crippen LogP contribution < -0.4 is 8.37 Å². The zero-order valence-electron chi connectivity index (χ0n) is 39.3. The molecule has 67 heavy (non-hydrogen) atoms. The van der Waals surface area contributed by atoms with Crippen LogP contribution in [0.2, 0.25) is 0 Å². The quantitative estimate of drug-likeness (QED) is 0.0578. The molecule has 356 valence electrons. The fraction of sp³-hybridized carbons (Fsp3) is 0.309. The lowest BCUT2D eigenvalue weighted by atomic mass is 9.93. The maximum atomic E-state index is 12.4. The van der Waals surface area contributed by atoms with Crippen LogP contribution in [0.3, 0.4) is 0 Å². The number of aryl methyl sites for hydroxylation is 11. The van der Waals surface area contributed by atoms with Gasteiger partial charge in [-0.3, -0.25) is 0 Å². The number of rotatable bonds is 15. The third-order valence-corrected chi connectivity index (χ3v) is 12.9. The molecule has 0 amide bonds. The van der Waals surface area contributed by atoms with Crippen LogP contribution in [0, 0.1) is 41.5 Å². The lowest BCUT2D eigenvalue weighted by molar-refractivity contribution is -0.0499. The third-order valence-electron chi connectivity index (χ3n) is 10.9. The summed E-state index contributed by atoms with van der Waals surface area (Å²) in [7, 11) is -9.73. The topological polar surface area (TPSA) is 86.7 Å². The minimum Gasteiger partial charge on any atom is -0.382 e. The monoisotopic (exact) mass is 1020 g/mol. The van der Waals surface area contributed by atoms with E-state index in [0.29, 0.717) is 0 Å². The number of fused-ring (bicyclic) bond motifs is 2. The average Bonchev–Trinajstić information content (AvgIpc) is 3.22. The second kappa shape index (κ2) is 23.7. The minimum absolute atomic E-state index is 0.0542. The first-order valence-electron chi connectivity index (χ1n) is 22.3. The van der Waals surface area contributed by atoms with E-state index >= 15 is 0 Å². The summed E-state index contributed by atoms with van der Waals surface area (Å²) in [5.74, 6) is -0.765. The fourth-order valence-corrected chi connectivity index (χ4v) is 9.71. The van der Waals surface area contributed by atoms with E-state index in [2.05, 4.69) is 153 Å². The SMILES string of the molecule is CS(=O)(=O)Oc1cccc2c(OS(=O)(=O)C(F)(F)F)cccc12.Cc1cc(C)cc(CCCBr)c1.Cc1cc(C)cc(CCCc2cccc3c(CCCc4cc(C)cc(C)c4)cccc23)c1. The largest absolute Gasteiger partial charge is 0.534 e. The van der Waals surface area contributed by atoms with Gasteiger partial charge < -0.3 is 8.37 Å². The average molecular weight is 1020 g/mol. The van der Waals surface area contributed by atoms with Crippen molar-refractivity contribution in [3.8, 4) is 11.5 Å². The van der Waals surface area contributed by atoms with Crippen LogP contribution in [0.1, 0.15) is 80.5 Å². The van der Waals surface area contributed by atoms with Crippen molar-refractivity contribution in [1.82, 2.24) is 0 Å². The van der Waals surface area contributed by atoms with Crippen LogP contribution in [0.5, 0.6) is 11.5 Å². The highest BCUT2D eigenvalue weighted by Crippen LogP contribution is 2.36. The van der Waals surface area contributed by atoms with Crippen LogP contribution in [0.4, 0.5) is 13.2 Å². The zero-order valence-corrected chi connectivity index (χ0v) is 42.5. The fourth-order valence-electron chi connectivity index (χ4n) is 8.48. The van der Waals surface area contributed by atoms with E-state index in [9.17, 15) is 30.0 Å². The summed E-state index contributed by atoms with van der Waals surface area (Å²) in [4.78, 5) is 0. The Labute approximate surface area is 403 Å². The molecule has 0 bridgehead atoms. The van der Waals surface area contributed by atoms with Gasteiger partial charge >= 0.3 is 25.7 Å². The van der Waals surface area contributed by atoms with Gasteiger partial charge in [0.2, 0.25) is 0 Å². The van der Waals surface area contributed by atoms with E-state index in [1.165, 1.54) is 128 Å². The van der Waals surface area contributed by atoms with Gasteiger partial charge in [-0.05, 0) is 144 Å². The Morgan fingerprint density at radius 2 is 0.776 bits per heavy atom. The molecule has 0 saturated heterocycles. The Bertz CT molecular complexity index is 2860. The second-order valence-electron chi connectivity index (χ2n) is 17.3. The van der Waals surface area contributed by atoms with Crippen molar-refractivity contribution >= 4 is 57.7 Å². The van der Waals surface area contributed by atoms with Crippen molar-refractivity contribution in [2.45, 2.75) is 98.4 Å². The third kappa shape index (κ3) is 16.2. The van der Waals surface area contributed by atoms with E-state index in [0.717, 1.165) is 43.3 Å². The van der Waals surface area contributed by atoms with Gasteiger partial charge in [-0.15, -0.1) is 0 Å². The molecule has 7 aromatic carbocycles. The van der Waals surface area contributed by atoms with Crippen molar-refractivity contribution in [3.63, 3.8) is 0 Å². The van der Waals surface area contributed by atoms with E-state index in [1.807, 2.05) is 0 Å². The summed E-state index contributed by atoms with van der Waals surface area (Å²) < 4.78 is 90.6. The predicted octanol–water partition coefficient (Wildman–Crippen LogP) is 14.5. The second-order valence-corrected chi connectivity index (χ2v) is 21.2. The Morgan fingerprint density at radius 1 is 0.448 bits per heavy atom. The van der Waals surface area contributed by atoms with E-state index < -0.39 is 31.5 Å². The lowest BCUT2D eigenvalue weighted by Crippen LogP contribution is -2.28. The summed E-state index contributed by atoms with van der Waals surface area (Å²) in [6, 6.07) is 41.8. The van der Waals surface area contributed by atoms with Crippen LogP contribution in [-0.4, -0.2) is 33.9 Å². The predicted molar refractivity (Wildman–Crippen MR) is 273 cm³/mol. The molecule has 0 N–H and O–H groups in total. The molecular weight excluding hydrogens is 958 g/mol. The number of halogens is 4. The van der Waals surface area contributed by atoms with Gasteiger partial charge in [-0.1, -0.05) is 165 Å². The normalized spacial score (nSPS) is 11.7. The van der Waals surface area contributed by atoms with Gasteiger partial charge in [0.05, 0.1) is 6.26 Å². The molecule has 0 fully saturated rings. The Morgan fingerprint density at radius 3 is 1.12 bits per heavy atom. The van der Waals surface area contributed by atoms with Crippen molar-refractivity contribution in [3.05, 3.63) is 189 Å². The maximum absolute atomic E-state index is 12.4. The zero-order chi connectivity index (χ0) is 48.9. The molecular formula is C55H60BrF3O6S2. The molecule has 0 aliphatic carbocycles. The van der Waals surface area contributed by atoms with Crippen molar-refractivity contribution < 1.29 is 38.4 Å². The van der Waals surface area contributed by atoms with Crippen molar-refractivity contribution in [2.75, 3.05) is 11.6 Å². The number of hydrogen-bond acceptors (Lipinski definition) is 6. The van der Waals surface area contributed by atoms with E-state index in [1.54, 1.807) is 0 Å². The smallest absolute Gasteiger partial charge is 0.382 e. The van der Waals surface area contributed by atoms with Gasteiger partial charge in [0, 0.05) is 16.1 Å². The van der Waals surface area contributed by atoms with Gasteiger partial charge in [0.15, 0.2) is 11.5 Å². The molecule has 0 unspecified atom stereocenters. The molecule has 12 heteroatoms. The summed E-state index contributed by atoms with van der Waals surface area (Å²) in [6.07, 6.45) is 10.2. The molecule has 0 saturated carbocycles. The molecule has 0 aromatic heterocycles. The molecule has 6 nitrogen and oxygen atoms in total. The molecule has 0 atom stereocenters. The van der Waals surface area contributed by atoms with Gasteiger partial charge in [-0.2, -0.15) is 30.0 Å². The highest BCUT2D eigenvalue weighted by atomic mass is 79.9. The maximum Gasteiger partial charge on any atom is 0.534 e. The minimum atomic E-state index is -5.85. The van der Waals surface area contributed by atoms with Gasteiger partial charge in [0.1, 0.15) is 0 Å². The first-order valence-corrected chi connectivity index (χ1v) is 26.6. The number of alkyl halides is 4. The van der Waals surface area contributed by atoms with Crippen molar-refractivity contribution in [1.29, 1.82) is 0 Å².